The van der Waals surface area contributed by atoms with E-state index in [1.807, 2.05) is 24.3 Å². The van der Waals surface area contributed by atoms with Crippen molar-refractivity contribution in [3.63, 3.8) is 0 Å². The van der Waals surface area contributed by atoms with E-state index in [1.54, 1.807) is 40.9 Å². The Morgan fingerprint density at radius 2 is 1.89 bits per heavy atom. The van der Waals surface area contributed by atoms with E-state index in [1.165, 1.54) is 0 Å². The van der Waals surface area contributed by atoms with E-state index in [0.717, 1.165) is 10.8 Å². The lowest BCUT2D eigenvalue weighted by atomic mass is 10.2. The molecule has 6 rings (SSSR count). The number of carbonyl (C=O) groups is 1. The fraction of sp³-hybridized carbons (Fsp3) is 0.280. The second-order valence-corrected chi connectivity index (χ2v) is 8.45. The van der Waals surface area contributed by atoms with Gasteiger partial charge in [-0.15, -0.1) is 15.3 Å². The van der Waals surface area contributed by atoms with Crippen LogP contribution in [0.15, 0.2) is 53.2 Å². The zero-order chi connectivity index (χ0) is 25.2. The molecule has 0 bridgehead atoms. The van der Waals surface area contributed by atoms with Gasteiger partial charge in [0.15, 0.2) is 17.1 Å². The van der Waals surface area contributed by atoms with Crippen LogP contribution in [0.1, 0.15) is 21.8 Å². The van der Waals surface area contributed by atoms with E-state index in [2.05, 4.69) is 25.4 Å². The lowest BCUT2D eigenvalue weighted by Crippen LogP contribution is -2.40. The largest absolute Gasteiger partial charge is 0.470 e. The van der Waals surface area contributed by atoms with E-state index in [0.29, 0.717) is 66.4 Å². The molecule has 5 aromatic rings. The van der Waals surface area contributed by atoms with Crippen LogP contribution in [0.25, 0.3) is 27.9 Å². The van der Waals surface area contributed by atoms with Gasteiger partial charge in [0.2, 0.25) is 11.7 Å². The molecular formula is C25H23N7O5. The number of pyridine rings is 1. The maximum absolute atomic E-state index is 12.7. The second kappa shape index (κ2) is 9.91. The number of amides is 1. The Bertz CT molecular complexity index is 1560. The number of benzene rings is 1. The summed E-state index contributed by atoms with van der Waals surface area (Å²) in [5.41, 5.74) is 2.24. The Morgan fingerprint density at radius 3 is 2.68 bits per heavy atom. The van der Waals surface area contributed by atoms with Gasteiger partial charge in [0.1, 0.15) is 13.2 Å². The van der Waals surface area contributed by atoms with Gasteiger partial charge in [-0.1, -0.05) is 23.4 Å². The van der Waals surface area contributed by atoms with Crippen molar-refractivity contribution in [2.24, 2.45) is 0 Å². The predicted molar refractivity (Wildman–Crippen MR) is 130 cm³/mol. The van der Waals surface area contributed by atoms with Crippen LogP contribution in [0.5, 0.6) is 5.88 Å². The Morgan fingerprint density at radius 1 is 1.05 bits per heavy atom. The molecule has 1 fully saturated rings. The van der Waals surface area contributed by atoms with Gasteiger partial charge in [0, 0.05) is 43.2 Å². The SMILES string of the molecule is COCc1cc(-c2nnc3c4ccccc4c(OCc4ccc(C(=O)N5CCOCC5)cn4)nn23)no1. The van der Waals surface area contributed by atoms with Crippen LogP contribution >= 0.6 is 0 Å². The second-order valence-electron chi connectivity index (χ2n) is 8.45. The molecule has 188 valence electrons. The number of carbonyl (C=O) groups excluding carboxylic acids is 1. The number of nitrogens with zero attached hydrogens (tertiary/aromatic N) is 7. The molecule has 4 aromatic heterocycles. The van der Waals surface area contributed by atoms with Crippen molar-refractivity contribution in [1.29, 1.82) is 0 Å². The summed E-state index contributed by atoms with van der Waals surface area (Å²) in [6.45, 7) is 2.72. The summed E-state index contributed by atoms with van der Waals surface area (Å²) < 4.78 is 23.4. The first-order valence-electron chi connectivity index (χ1n) is 11.7. The minimum atomic E-state index is -0.0527. The number of aromatic nitrogens is 6. The molecule has 12 nitrogen and oxygen atoms in total. The maximum Gasteiger partial charge on any atom is 0.255 e. The van der Waals surface area contributed by atoms with Gasteiger partial charge in [-0.2, -0.15) is 4.52 Å². The fourth-order valence-electron chi connectivity index (χ4n) is 4.17. The Hall–Kier alpha value is -4.42. The molecular weight excluding hydrogens is 478 g/mol. The number of fused-ring (bicyclic) bond motifs is 3. The number of hydrogen-bond donors (Lipinski definition) is 0. The van der Waals surface area contributed by atoms with Gasteiger partial charge in [-0.3, -0.25) is 9.78 Å². The Balaban J connectivity index is 1.27. The number of rotatable bonds is 7. The molecule has 0 N–H and O–H groups in total. The van der Waals surface area contributed by atoms with Crippen molar-refractivity contribution in [2.75, 3.05) is 33.4 Å². The molecule has 5 heterocycles. The Kier molecular flexibility index (Phi) is 6.16. The smallest absolute Gasteiger partial charge is 0.255 e. The zero-order valence-electron chi connectivity index (χ0n) is 20.0. The summed E-state index contributed by atoms with van der Waals surface area (Å²) in [5.74, 6) is 1.32. The summed E-state index contributed by atoms with van der Waals surface area (Å²) in [5, 5.41) is 19.0. The van der Waals surface area contributed by atoms with E-state index >= 15 is 0 Å². The highest BCUT2D eigenvalue weighted by Gasteiger charge is 2.20. The van der Waals surface area contributed by atoms with Crippen LogP contribution < -0.4 is 4.74 Å². The third-order valence-corrected chi connectivity index (χ3v) is 6.03. The topological polar surface area (TPSA) is 130 Å². The summed E-state index contributed by atoms with van der Waals surface area (Å²) in [7, 11) is 1.58. The molecule has 37 heavy (non-hydrogen) atoms. The summed E-state index contributed by atoms with van der Waals surface area (Å²) in [6.07, 6.45) is 1.57. The van der Waals surface area contributed by atoms with Crippen LogP contribution in [0.3, 0.4) is 0 Å². The van der Waals surface area contributed by atoms with Crippen LogP contribution in [0.4, 0.5) is 0 Å². The first-order valence-corrected chi connectivity index (χ1v) is 11.7. The molecule has 1 saturated heterocycles. The molecule has 0 atom stereocenters. The molecule has 0 radical (unpaired) electrons. The van der Waals surface area contributed by atoms with Gasteiger partial charge in [0.05, 0.1) is 24.5 Å². The van der Waals surface area contributed by atoms with Crippen molar-refractivity contribution in [1.82, 2.24) is 34.9 Å². The standard InChI is InChI=1S/C25H23N7O5/c1-34-15-18-12-21(30-37-18)23-28-27-22-19-4-2-3-5-20(19)24(29-32(22)23)36-14-17-7-6-16(13-26-17)25(33)31-8-10-35-11-9-31/h2-7,12-13H,8-11,14-15H2,1H3. The first-order chi connectivity index (χ1) is 18.2. The summed E-state index contributed by atoms with van der Waals surface area (Å²) in [6, 6.07) is 12.9. The van der Waals surface area contributed by atoms with Gasteiger partial charge >= 0.3 is 0 Å². The quantitative estimate of drug-likeness (QED) is 0.328. The molecule has 1 aliphatic rings. The highest BCUT2D eigenvalue weighted by molar-refractivity contribution is 5.97. The third kappa shape index (κ3) is 4.47. The van der Waals surface area contributed by atoms with Gasteiger partial charge in [-0.05, 0) is 18.2 Å². The van der Waals surface area contributed by atoms with Crippen molar-refractivity contribution in [3.05, 3.63) is 65.7 Å². The molecule has 0 unspecified atom stereocenters. The minimum absolute atomic E-state index is 0.0527. The van der Waals surface area contributed by atoms with Gasteiger partial charge in [-0.25, -0.2) is 0 Å². The first kappa shape index (κ1) is 23.0. The molecule has 1 aliphatic heterocycles. The van der Waals surface area contributed by atoms with Crippen molar-refractivity contribution >= 4 is 22.3 Å². The van der Waals surface area contributed by atoms with E-state index < -0.39 is 0 Å². The minimum Gasteiger partial charge on any atom is -0.470 e. The predicted octanol–water partition coefficient (Wildman–Crippen LogP) is 2.53. The van der Waals surface area contributed by atoms with Crippen LogP contribution in [-0.2, 0) is 22.7 Å². The number of morpholine rings is 1. The molecule has 0 spiro atoms. The van der Waals surface area contributed by atoms with E-state index in [-0.39, 0.29) is 19.1 Å². The molecule has 0 saturated carbocycles. The fourth-order valence-corrected chi connectivity index (χ4v) is 4.17. The maximum atomic E-state index is 12.7. The summed E-state index contributed by atoms with van der Waals surface area (Å²) in [4.78, 5) is 18.9. The number of ether oxygens (including phenoxy) is 3. The molecule has 0 aliphatic carbocycles. The van der Waals surface area contributed by atoms with Gasteiger partial charge < -0.3 is 23.6 Å². The third-order valence-electron chi connectivity index (χ3n) is 6.03. The highest BCUT2D eigenvalue weighted by Crippen LogP contribution is 2.29. The normalized spacial score (nSPS) is 13.9. The Labute approximate surface area is 210 Å². The monoisotopic (exact) mass is 501 g/mol. The van der Waals surface area contributed by atoms with Crippen molar-refractivity contribution in [2.45, 2.75) is 13.2 Å². The molecule has 12 heteroatoms. The average Bonchev–Trinajstić information content (AvgIpc) is 3.59. The highest BCUT2D eigenvalue weighted by atomic mass is 16.5. The molecule has 1 aromatic carbocycles. The average molecular weight is 502 g/mol. The van der Waals surface area contributed by atoms with Crippen LogP contribution in [0.2, 0.25) is 0 Å². The van der Waals surface area contributed by atoms with E-state index in [4.69, 9.17) is 18.7 Å². The number of hydrogen-bond acceptors (Lipinski definition) is 10. The van der Waals surface area contributed by atoms with E-state index in [9.17, 15) is 4.79 Å². The van der Waals surface area contributed by atoms with Crippen molar-refractivity contribution in [3.8, 4) is 17.4 Å². The van der Waals surface area contributed by atoms with Crippen molar-refractivity contribution < 1.29 is 23.5 Å². The summed E-state index contributed by atoms with van der Waals surface area (Å²) >= 11 is 0. The van der Waals surface area contributed by atoms with Gasteiger partial charge in [0.25, 0.3) is 5.91 Å². The number of methoxy groups -OCH3 is 1. The lowest BCUT2D eigenvalue weighted by Gasteiger charge is -2.26. The zero-order valence-corrected chi connectivity index (χ0v) is 20.0. The molecule has 1 amide bonds. The lowest BCUT2D eigenvalue weighted by molar-refractivity contribution is 0.0302. The van der Waals surface area contributed by atoms with Crippen LogP contribution in [0, 0.1) is 0 Å². The van der Waals surface area contributed by atoms with Crippen LogP contribution in [-0.4, -0.2) is 74.2 Å².